The molecule has 2 aromatic heterocycles. The molecular weight excluding hydrogens is 444 g/mol. The van der Waals surface area contributed by atoms with Crippen molar-refractivity contribution in [3.05, 3.63) is 113 Å². The minimum Gasteiger partial charge on any atom is -0.455 e. The molecule has 3 aromatic carbocycles. The molecule has 0 radical (unpaired) electrons. The van der Waals surface area contributed by atoms with Crippen LogP contribution in [0.2, 0.25) is 0 Å². The fraction of sp³-hybridized carbons (Fsp3) is 0. The van der Waals surface area contributed by atoms with Gasteiger partial charge in [0.2, 0.25) is 0 Å². The summed E-state index contributed by atoms with van der Waals surface area (Å²) in [6.45, 7) is 0. The van der Waals surface area contributed by atoms with E-state index in [2.05, 4.69) is 25.7 Å². The predicted octanol–water partition coefficient (Wildman–Crippen LogP) is 5.82. The molecule has 9 heteroatoms. The number of hydrazone groups is 1. The van der Waals surface area contributed by atoms with Crippen molar-refractivity contribution in [2.24, 2.45) is 5.10 Å². The van der Waals surface area contributed by atoms with E-state index in [4.69, 9.17) is 4.42 Å². The molecule has 0 unspecified atom stereocenters. The van der Waals surface area contributed by atoms with Crippen LogP contribution in [0, 0.1) is 10.1 Å². The van der Waals surface area contributed by atoms with E-state index in [1.165, 1.54) is 12.3 Å². The molecule has 9 nitrogen and oxygen atoms in total. The van der Waals surface area contributed by atoms with E-state index in [1.807, 2.05) is 60.7 Å². The van der Waals surface area contributed by atoms with E-state index < -0.39 is 4.92 Å². The quantitative estimate of drug-likeness (QED) is 0.184. The summed E-state index contributed by atoms with van der Waals surface area (Å²) in [4.78, 5) is 15.5. The first-order chi connectivity index (χ1) is 17.2. The number of nitrogens with one attached hydrogen (secondary N) is 1. The monoisotopic (exact) mass is 462 g/mol. The standard InChI is InChI=1S/C26H18N6O3/c33-32(34)22-14-8-7-13-21(22)23-16-15-20(35-23)17-27-30-26-28-24(18-9-3-1-4-10-18)25(29-31-26)19-11-5-2-6-12-19/h1-17H,(H,28,30,31)/b27-17+. The minimum absolute atomic E-state index is 0.0325. The van der Waals surface area contributed by atoms with Gasteiger partial charge in [-0.3, -0.25) is 10.1 Å². The third kappa shape index (κ3) is 4.79. The van der Waals surface area contributed by atoms with Gasteiger partial charge in [0.25, 0.3) is 11.6 Å². The summed E-state index contributed by atoms with van der Waals surface area (Å²) in [5.74, 6) is 0.989. The van der Waals surface area contributed by atoms with Crippen LogP contribution in [0.1, 0.15) is 5.76 Å². The van der Waals surface area contributed by atoms with E-state index in [9.17, 15) is 10.1 Å². The van der Waals surface area contributed by atoms with Crippen LogP contribution in [-0.2, 0) is 0 Å². The largest absolute Gasteiger partial charge is 0.455 e. The molecule has 0 bridgehead atoms. The lowest BCUT2D eigenvalue weighted by Gasteiger charge is -2.09. The van der Waals surface area contributed by atoms with Crippen molar-refractivity contribution in [2.75, 3.05) is 5.43 Å². The van der Waals surface area contributed by atoms with E-state index in [-0.39, 0.29) is 11.6 Å². The first-order valence-corrected chi connectivity index (χ1v) is 10.7. The SMILES string of the molecule is O=[N+]([O-])c1ccccc1-c1ccc(/C=N/Nc2nnc(-c3ccccc3)c(-c3ccccc3)n2)o1. The van der Waals surface area contributed by atoms with Crippen LogP contribution in [0.3, 0.4) is 0 Å². The second-order valence-corrected chi connectivity index (χ2v) is 7.41. The van der Waals surface area contributed by atoms with Crippen LogP contribution in [-0.4, -0.2) is 26.3 Å². The van der Waals surface area contributed by atoms with Crippen molar-refractivity contribution in [2.45, 2.75) is 0 Å². The first kappa shape index (κ1) is 21.7. The maximum absolute atomic E-state index is 11.3. The van der Waals surface area contributed by atoms with Crippen molar-refractivity contribution >= 4 is 17.9 Å². The van der Waals surface area contributed by atoms with Gasteiger partial charge in [-0.2, -0.15) is 5.10 Å². The average molecular weight is 462 g/mol. The summed E-state index contributed by atoms with van der Waals surface area (Å²) in [7, 11) is 0. The van der Waals surface area contributed by atoms with Gasteiger partial charge in [-0.15, -0.1) is 10.2 Å². The van der Waals surface area contributed by atoms with Gasteiger partial charge in [-0.05, 0) is 18.2 Å². The zero-order valence-electron chi connectivity index (χ0n) is 18.3. The molecule has 0 fully saturated rings. The summed E-state index contributed by atoms with van der Waals surface area (Å²) in [6.07, 6.45) is 1.44. The topological polar surface area (TPSA) is 119 Å². The Bertz CT molecular complexity index is 1500. The fourth-order valence-corrected chi connectivity index (χ4v) is 3.52. The van der Waals surface area contributed by atoms with Gasteiger partial charge in [0.1, 0.15) is 22.9 Å². The number of anilines is 1. The number of hydrogen-bond donors (Lipinski definition) is 1. The third-order valence-corrected chi connectivity index (χ3v) is 5.13. The summed E-state index contributed by atoms with van der Waals surface area (Å²) in [5.41, 5.74) is 6.26. The normalized spacial score (nSPS) is 11.0. The summed E-state index contributed by atoms with van der Waals surface area (Å²) in [6, 6.07) is 29.1. The average Bonchev–Trinajstić information content (AvgIpc) is 3.38. The first-order valence-electron chi connectivity index (χ1n) is 10.7. The van der Waals surface area contributed by atoms with Crippen molar-refractivity contribution in [3.63, 3.8) is 0 Å². The molecule has 2 heterocycles. The van der Waals surface area contributed by atoms with Crippen LogP contribution in [0.5, 0.6) is 0 Å². The maximum Gasteiger partial charge on any atom is 0.280 e. The molecule has 0 amide bonds. The molecule has 0 aliphatic heterocycles. The van der Waals surface area contributed by atoms with Gasteiger partial charge in [0.15, 0.2) is 0 Å². The zero-order valence-corrected chi connectivity index (χ0v) is 18.3. The Labute approximate surface area is 200 Å². The van der Waals surface area contributed by atoms with Crippen molar-refractivity contribution in [1.82, 2.24) is 15.2 Å². The highest BCUT2D eigenvalue weighted by Gasteiger charge is 2.17. The molecule has 5 rings (SSSR count). The van der Waals surface area contributed by atoms with Gasteiger partial charge in [-0.1, -0.05) is 72.8 Å². The molecule has 0 spiro atoms. The van der Waals surface area contributed by atoms with Crippen molar-refractivity contribution in [1.29, 1.82) is 0 Å². The Morgan fingerprint density at radius 1 is 0.800 bits per heavy atom. The van der Waals surface area contributed by atoms with E-state index in [0.717, 1.165) is 11.1 Å². The predicted molar refractivity (Wildman–Crippen MR) is 133 cm³/mol. The van der Waals surface area contributed by atoms with Gasteiger partial charge >= 0.3 is 0 Å². The highest BCUT2D eigenvalue weighted by Crippen LogP contribution is 2.31. The number of furan rings is 1. The third-order valence-electron chi connectivity index (χ3n) is 5.13. The lowest BCUT2D eigenvalue weighted by atomic mass is 10.0. The van der Waals surface area contributed by atoms with Crippen molar-refractivity contribution in [3.8, 4) is 33.8 Å². The summed E-state index contributed by atoms with van der Waals surface area (Å²) >= 11 is 0. The van der Waals surface area contributed by atoms with E-state index in [1.54, 1.807) is 30.3 Å². The fourth-order valence-electron chi connectivity index (χ4n) is 3.52. The molecule has 5 aromatic rings. The molecule has 1 N–H and O–H groups in total. The van der Waals surface area contributed by atoms with Crippen molar-refractivity contribution < 1.29 is 9.34 Å². The maximum atomic E-state index is 11.3. The number of nitrogens with zero attached hydrogens (tertiary/aromatic N) is 5. The number of nitro benzene ring substituents is 1. The summed E-state index contributed by atoms with van der Waals surface area (Å²) in [5, 5.41) is 24.0. The number of rotatable bonds is 7. The Morgan fingerprint density at radius 2 is 1.46 bits per heavy atom. The van der Waals surface area contributed by atoms with Gasteiger partial charge in [-0.25, -0.2) is 10.4 Å². The van der Waals surface area contributed by atoms with E-state index in [0.29, 0.717) is 28.5 Å². The van der Waals surface area contributed by atoms with Gasteiger partial charge in [0, 0.05) is 17.2 Å². The zero-order chi connectivity index (χ0) is 24.0. The summed E-state index contributed by atoms with van der Waals surface area (Å²) < 4.78 is 5.72. The number of benzene rings is 3. The number of hydrogen-bond acceptors (Lipinski definition) is 8. The molecule has 0 aliphatic carbocycles. The van der Waals surface area contributed by atoms with Crippen LogP contribution in [0.15, 0.2) is 107 Å². The number of aromatic nitrogens is 3. The highest BCUT2D eigenvalue weighted by atomic mass is 16.6. The number of para-hydroxylation sites is 1. The molecule has 35 heavy (non-hydrogen) atoms. The smallest absolute Gasteiger partial charge is 0.280 e. The molecule has 0 saturated heterocycles. The van der Waals surface area contributed by atoms with E-state index >= 15 is 0 Å². The minimum atomic E-state index is -0.444. The Kier molecular flexibility index (Phi) is 6.03. The lowest BCUT2D eigenvalue weighted by molar-refractivity contribution is -0.384. The molecule has 0 aliphatic rings. The van der Waals surface area contributed by atoms with Crippen LogP contribution < -0.4 is 5.43 Å². The molecular formula is C26H18N6O3. The molecule has 0 saturated carbocycles. The Morgan fingerprint density at radius 3 is 2.17 bits per heavy atom. The van der Waals surface area contributed by atoms with Gasteiger partial charge in [0.05, 0.1) is 16.7 Å². The molecule has 0 atom stereocenters. The Balaban J connectivity index is 1.39. The second kappa shape index (κ2) is 9.75. The van der Waals surface area contributed by atoms with Crippen LogP contribution in [0.25, 0.3) is 33.8 Å². The van der Waals surface area contributed by atoms with Crippen LogP contribution >= 0.6 is 0 Å². The highest BCUT2D eigenvalue weighted by molar-refractivity contribution is 5.80. The number of nitro groups is 1. The Hall–Kier alpha value is -5.18. The van der Waals surface area contributed by atoms with Gasteiger partial charge < -0.3 is 4.42 Å². The second-order valence-electron chi connectivity index (χ2n) is 7.41. The molecule has 170 valence electrons. The lowest BCUT2D eigenvalue weighted by Crippen LogP contribution is -2.03. The van der Waals surface area contributed by atoms with Crippen LogP contribution in [0.4, 0.5) is 11.6 Å².